The number of rotatable bonds is 7. The van der Waals surface area contributed by atoms with Crippen LogP contribution in [-0.2, 0) is 10.0 Å². The molecule has 0 aliphatic carbocycles. The molecule has 0 fully saturated rings. The second-order valence-electron chi connectivity index (χ2n) is 6.08. The predicted molar refractivity (Wildman–Crippen MR) is 111 cm³/mol. The molecule has 152 valence electrons. The first-order chi connectivity index (χ1) is 13.9. The summed E-state index contributed by atoms with van der Waals surface area (Å²) in [7, 11) is -3.75. The number of carbonyl (C=O) groups excluding carboxylic acids is 1. The third kappa shape index (κ3) is 4.47. The number of benzene rings is 2. The van der Waals surface area contributed by atoms with E-state index in [4.69, 9.17) is 11.6 Å². The van der Waals surface area contributed by atoms with Gasteiger partial charge in [0, 0.05) is 24.3 Å². The van der Waals surface area contributed by atoms with Gasteiger partial charge in [-0.2, -0.15) is 9.40 Å². The van der Waals surface area contributed by atoms with Gasteiger partial charge in [0.25, 0.3) is 5.91 Å². The second kappa shape index (κ2) is 8.73. The van der Waals surface area contributed by atoms with Crippen molar-refractivity contribution in [2.24, 2.45) is 0 Å². The maximum atomic E-state index is 12.8. The minimum Gasteiger partial charge on any atom is -0.322 e. The largest absolute Gasteiger partial charge is 0.322 e. The van der Waals surface area contributed by atoms with Crippen LogP contribution in [-0.4, -0.2) is 46.5 Å². The highest BCUT2D eigenvalue weighted by Crippen LogP contribution is 2.28. The molecule has 0 saturated heterocycles. The maximum Gasteiger partial charge on any atom is 0.255 e. The fraction of sp³-hybridized carbons (Fsp3) is 0.211. The Kier molecular flexibility index (Phi) is 6.31. The van der Waals surface area contributed by atoms with Crippen molar-refractivity contribution in [1.82, 2.24) is 19.1 Å². The van der Waals surface area contributed by atoms with E-state index in [0.717, 1.165) is 5.69 Å². The van der Waals surface area contributed by atoms with E-state index in [1.165, 1.54) is 22.8 Å². The Morgan fingerprint density at radius 3 is 2.41 bits per heavy atom. The van der Waals surface area contributed by atoms with Crippen molar-refractivity contribution in [3.63, 3.8) is 0 Å². The summed E-state index contributed by atoms with van der Waals surface area (Å²) < 4.78 is 28.5. The van der Waals surface area contributed by atoms with Crippen molar-refractivity contribution in [2.75, 3.05) is 18.4 Å². The van der Waals surface area contributed by atoms with Crippen molar-refractivity contribution in [3.8, 4) is 5.69 Å². The Bertz CT molecular complexity index is 1100. The van der Waals surface area contributed by atoms with Crippen molar-refractivity contribution in [2.45, 2.75) is 18.7 Å². The van der Waals surface area contributed by atoms with E-state index in [9.17, 15) is 13.2 Å². The Morgan fingerprint density at radius 1 is 1.14 bits per heavy atom. The molecule has 1 N–H and O–H groups in total. The summed E-state index contributed by atoms with van der Waals surface area (Å²) in [6.45, 7) is 4.15. The van der Waals surface area contributed by atoms with Gasteiger partial charge in [0.15, 0.2) is 0 Å². The molecule has 29 heavy (non-hydrogen) atoms. The number of amides is 1. The van der Waals surface area contributed by atoms with Gasteiger partial charge in [-0.3, -0.25) is 4.79 Å². The molecule has 3 rings (SSSR count). The summed E-state index contributed by atoms with van der Waals surface area (Å²) in [6, 6.07) is 11.2. The van der Waals surface area contributed by atoms with Crippen LogP contribution in [0.1, 0.15) is 24.2 Å². The van der Waals surface area contributed by atoms with E-state index < -0.39 is 10.0 Å². The zero-order valence-electron chi connectivity index (χ0n) is 15.9. The lowest BCUT2D eigenvalue weighted by molar-refractivity contribution is 0.102. The molecule has 2 aromatic carbocycles. The molecule has 0 aliphatic heterocycles. The first kappa shape index (κ1) is 21.0. The SMILES string of the molecule is CCN(CC)S(=O)(=O)c1cc(NC(=O)c2ccc(-n3cncn3)cc2)ccc1Cl. The summed E-state index contributed by atoms with van der Waals surface area (Å²) >= 11 is 6.13. The van der Waals surface area contributed by atoms with Gasteiger partial charge in [-0.05, 0) is 42.5 Å². The molecule has 0 radical (unpaired) electrons. The number of nitrogens with zero attached hydrogens (tertiary/aromatic N) is 4. The highest BCUT2D eigenvalue weighted by Gasteiger charge is 2.25. The maximum absolute atomic E-state index is 12.8. The molecule has 0 unspecified atom stereocenters. The Labute approximate surface area is 174 Å². The van der Waals surface area contributed by atoms with Crippen molar-refractivity contribution < 1.29 is 13.2 Å². The number of carbonyl (C=O) groups is 1. The zero-order chi connectivity index (χ0) is 21.0. The molecule has 8 nitrogen and oxygen atoms in total. The van der Waals surface area contributed by atoms with E-state index in [1.807, 2.05) is 0 Å². The molecule has 1 heterocycles. The first-order valence-electron chi connectivity index (χ1n) is 8.93. The molecule has 1 amide bonds. The quantitative estimate of drug-likeness (QED) is 0.617. The number of halogens is 1. The minimum absolute atomic E-state index is 0.0396. The average molecular weight is 434 g/mol. The Morgan fingerprint density at radius 2 is 1.83 bits per heavy atom. The molecule has 0 aliphatic rings. The Hall–Kier alpha value is -2.75. The van der Waals surface area contributed by atoms with Crippen LogP contribution in [0, 0.1) is 0 Å². The molecule has 3 aromatic rings. The summed E-state index contributed by atoms with van der Waals surface area (Å²) in [5, 5.41) is 6.85. The molecular weight excluding hydrogens is 414 g/mol. The second-order valence-corrected chi connectivity index (χ2v) is 8.39. The van der Waals surface area contributed by atoms with Crippen LogP contribution in [0.5, 0.6) is 0 Å². The normalized spacial score (nSPS) is 11.6. The van der Waals surface area contributed by atoms with E-state index in [0.29, 0.717) is 24.3 Å². The lowest BCUT2D eigenvalue weighted by atomic mass is 10.2. The predicted octanol–water partition coefficient (Wildman–Crippen LogP) is 3.20. The topological polar surface area (TPSA) is 97.2 Å². The number of sulfonamides is 1. The van der Waals surface area contributed by atoms with E-state index >= 15 is 0 Å². The van der Waals surface area contributed by atoms with Crippen molar-refractivity contribution >= 4 is 33.2 Å². The fourth-order valence-corrected chi connectivity index (χ4v) is 4.75. The van der Waals surface area contributed by atoms with Gasteiger partial charge >= 0.3 is 0 Å². The van der Waals surface area contributed by atoms with E-state index in [-0.39, 0.29) is 15.8 Å². The molecular formula is C19H20ClN5O3S. The molecule has 10 heteroatoms. The molecule has 0 saturated carbocycles. The third-order valence-electron chi connectivity index (χ3n) is 4.33. The van der Waals surface area contributed by atoms with Gasteiger partial charge < -0.3 is 5.32 Å². The summed E-state index contributed by atoms with van der Waals surface area (Å²) in [5.74, 6) is -0.372. The fourth-order valence-electron chi connectivity index (χ4n) is 2.79. The lowest BCUT2D eigenvalue weighted by Gasteiger charge is -2.19. The minimum atomic E-state index is -3.75. The van der Waals surface area contributed by atoms with Gasteiger partial charge in [0.2, 0.25) is 10.0 Å². The van der Waals surface area contributed by atoms with Crippen LogP contribution in [0.2, 0.25) is 5.02 Å². The average Bonchev–Trinajstić information content (AvgIpc) is 3.25. The lowest BCUT2D eigenvalue weighted by Crippen LogP contribution is -2.30. The number of hydrogen-bond donors (Lipinski definition) is 1. The summed E-state index contributed by atoms with van der Waals surface area (Å²) in [4.78, 5) is 16.4. The number of anilines is 1. The van der Waals surface area contributed by atoms with Crippen LogP contribution < -0.4 is 5.32 Å². The van der Waals surface area contributed by atoms with Gasteiger partial charge in [0.1, 0.15) is 17.6 Å². The Balaban J connectivity index is 1.82. The van der Waals surface area contributed by atoms with Gasteiger partial charge in [-0.25, -0.2) is 18.1 Å². The van der Waals surface area contributed by atoms with Crippen molar-refractivity contribution in [3.05, 3.63) is 65.7 Å². The van der Waals surface area contributed by atoms with Crippen molar-refractivity contribution in [1.29, 1.82) is 0 Å². The van der Waals surface area contributed by atoms with Gasteiger partial charge in [-0.15, -0.1) is 0 Å². The van der Waals surface area contributed by atoms with Gasteiger partial charge in [-0.1, -0.05) is 25.4 Å². The van der Waals surface area contributed by atoms with Crippen LogP contribution in [0.3, 0.4) is 0 Å². The van der Waals surface area contributed by atoms with E-state index in [2.05, 4.69) is 15.4 Å². The zero-order valence-corrected chi connectivity index (χ0v) is 17.5. The molecule has 0 bridgehead atoms. The highest BCUT2D eigenvalue weighted by molar-refractivity contribution is 7.89. The van der Waals surface area contributed by atoms with Crippen LogP contribution >= 0.6 is 11.6 Å². The van der Waals surface area contributed by atoms with Crippen LogP contribution in [0.15, 0.2) is 60.0 Å². The van der Waals surface area contributed by atoms with Crippen LogP contribution in [0.25, 0.3) is 5.69 Å². The van der Waals surface area contributed by atoms with E-state index in [1.54, 1.807) is 55.2 Å². The molecule has 0 spiro atoms. The number of aromatic nitrogens is 3. The molecule has 1 aromatic heterocycles. The molecule has 0 atom stereocenters. The van der Waals surface area contributed by atoms with Crippen LogP contribution in [0.4, 0.5) is 5.69 Å². The number of nitrogens with one attached hydrogen (secondary N) is 1. The smallest absolute Gasteiger partial charge is 0.255 e. The highest BCUT2D eigenvalue weighted by atomic mass is 35.5. The first-order valence-corrected chi connectivity index (χ1v) is 10.7. The third-order valence-corrected chi connectivity index (χ3v) is 6.86. The summed E-state index contributed by atoms with van der Waals surface area (Å²) in [6.07, 6.45) is 2.98. The summed E-state index contributed by atoms with van der Waals surface area (Å²) in [5.41, 5.74) is 1.51. The standard InChI is InChI=1S/C19H20ClN5O3S/c1-3-24(4-2)29(27,28)18-11-15(7-10-17(18)20)23-19(26)14-5-8-16(9-6-14)25-13-21-12-22-25/h5-13H,3-4H2,1-2H3,(H,23,26). The number of hydrogen-bond acceptors (Lipinski definition) is 5. The monoisotopic (exact) mass is 433 g/mol. The van der Waals surface area contributed by atoms with Gasteiger partial charge in [0.05, 0.1) is 10.7 Å².